The van der Waals surface area contributed by atoms with Gasteiger partial charge in [0.1, 0.15) is 5.76 Å². The maximum absolute atomic E-state index is 11.1. The zero-order valence-electron chi connectivity index (χ0n) is 8.04. The van der Waals surface area contributed by atoms with E-state index in [1.165, 1.54) is 7.11 Å². The molecule has 0 aromatic heterocycles. The van der Waals surface area contributed by atoms with Crippen LogP contribution in [0, 0.1) is 0 Å². The smallest absolute Gasteiger partial charge is 0.176 e. The van der Waals surface area contributed by atoms with Gasteiger partial charge in [-0.1, -0.05) is 12.7 Å². The normalized spacial score (nSPS) is 11.8. The highest BCUT2D eigenvalue weighted by molar-refractivity contribution is 5.99. The molecule has 0 aliphatic carbocycles. The summed E-state index contributed by atoms with van der Waals surface area (Å²) in [5.41, 5.74) is 5.78. The van der Waals surface area contributed by atoms with Crippen molar-refractivity contribution in [3.05, 3.63) is 36.1 Å². The summed E-state index contributed by atoms with van der Waals surface area (Å²) in [6, 6.07) is 0. The topological polar surface area (TPSA) is 52.3 Å². The van der Waals surface area contributed by atoms with Gasteiger partial charge in [0, 0.05) is 5.57 Å². The molecule has 0 radical (unpaired) electrons. The van der Waals surface area contributed by atoms with E-state index in [0.29, 0.717) is 11.3 Å². The van der Waals surface area contributed by atoms with E-state index in [9.17, 15) is 4.79 Å². The van der Waals surface area contributed by atoms with Crippen LogP contribution >= 0.6 is 0 Å². The van der Waals surface area contributed by atoms with Gasteiger partial charge in [-0.15, -0.1) is 0 Å². The highest BCUT2D eigenvalue weighted by Gasteiger charge is 2.01. The fourth-order valence-corrected chi connectivity index (χ4v) is 0.719. The summed E-state index contributed by atoms with van der Waals surface area (Å²) in [6.07, 6.45) is 4.97. The molecule has 0 unspecified atom stereocenters. The number of carbonyl (C=O) groups is 1. The average molecular weight is 181 g/mol. The van der Waals surface area contributed by atoms with Crippen LogP contribution in [0.4, 0.5) is 0 Å². The van der Waals surface area contributed by atoms with Gasteiger partial charge in [-0.3, -0.25) is 4.79 Å². The quantitative estimate of drug-likeness (QED) is 0.393. The minimum Gasteiger partial charge on any atom is -0.497 e. The van der Waals surface area contributed by atoms with Crippen molar-refractivity contribution in [2.24, 2.45) is 5.73 Å². The summed E-state index contributed by atoms with van der Waals surface area (Å²) in [7, 11) is 1.52. The van der Waals surface area contributed by atoms with Crippen molar-refractivity contribution in [3.8, 4) is 0 Å². The van der Waals surface area contributed by atoms with Crippen LogP contribution in [0.3, 0.4) is 0 Å². The summed E-state index contributed by atoms with van der Waals surface area (Å²) < 4.78 is 4.81. The molecule has 0 fully saturated rings. The van der Waals surface area contributed by atoms with Crippen molar-refractivity contribution in [2.45, 2.75) is 6.92 Å². The highest BCUT2D eigenvalue weighted by Crippen LogP contribution is 2.01. The molecule has 0 aliphatic rings. The predicted octanol–water partition coefficient (Wildman–Crippen LogP) is 1.18. The molecule has 0 rings (SSSR count). The standard InChI is InChI=1S/C10H15NO2/c1-4-9(10(12)7-11)6-5-8(2)13-3/h4-6H,2,7,11H2,1,3H3/b6-5-,9-4+. The van der Waals surface area contributed by atoms with Crippen LogP contribution in [-0.2, 0) is 9.53 Å². The summed E-state index contributed by atoms with van der Waals surface area (Å²) in [5, 5.41) is 0. The van der Waals surface area contributed by atoms with Gasteiger partial charge in [0.15, 0.2) is 5.78 Å². The van der Waals surface area contributed by atoms with E-state index in [-0.39, 0.29) is 12.3 Å². The number of Topliss-reactive ketones (excluding diaryl/α,β-unsaturated/α-hetero) is 1. The molecule has 0 atom stereocenters. The lowest BCUT2D eigenvalue weighted by Crippen LogP contribution is -2.14. The number of carbonyl (C=O) groups excluding carboxylic acids is 1. The monoisotopic (exact) mass is 181 g/mol. The molecule has 0 aromatic rings. The van der Waals surface area contributed by atoms with Crippen LogP contribution in [0.15, 0.2) is 36.1 Å². The highest BCUT2D eigenvalue weighted by atomic mass is 16.5. The van der Waals surface area contributed by atoms with Gasteiger partial charge in [0.05, 0.1) is 13.7 Å². The molecule has 13 heavy (non-hydrogen) atoms. The minimum atomic E-state index is -0.0948. The van der Waals surface area contributed by atoms with Gasteiger partial charge >= 0.3 is 0 Å². The molecule has 3 heteroatoms. The Labute approximate surface area is 78.6 Å². The molecule has 0 saturated heterocycles. The zero-order valence-corrected chi connectivity index (χ0v) is 8.04. The second-order valence-electron chi connectivity index (χ2n) is 2.38. The third-order valence-corrected chi connectivity index (χ3v) is 1.53. The van der Waals surface area contributed by atoms with E-state index in [4.69, 9.17) is 10.5 Å². The number of ether oxygens (including phenoxy) is 1. The molecular weight excluding hydrogens is 166 g/mol. The predicted molar refractivity (Wildman–Crippen MR) is 53.1 cm³/mol. The number of methoxy groups -OCH3 is 1. The van der Waals surface area contributed by atoms with Crippen molar-refractivity contribution < 1.29 is 9.53 Å². The van der Waals surface area contributed by atoms with Gasteiger partial charge < -0.3 is 10.5 Å². The Morgan fingerprint density at radius 1 is 1.54 bits per heavy atom. The molecule has 2 N–H and O–H groups in total. The fraction of sp³-hybridized carbons (Fsp3) is 0.300. The molecule has 0 amide bonds. The van der Waals surface area contributed by atoms with Crippen molar-refractivity contribution in [1.29, 1.82) is 0 Å². The average Bonchev–Trinajstić information content (AvgIpc) is 2.17. The van der Waals surface area contributed by atoms with Crippen LogP contribution in [-0.4, -0.2) is 19.4 Å². The Morgan fingerprint density at radius 3 is 2.54 bits per heavy atom. The third kappa shape index (κ3) is 4.28. The largest absolute Gasteiger partial charge is 0.497 e. The maximum Gasteiger partial charge on any atom is 0.176 e. The van der Waals surface area contributed by atoms with Gasteiger partial charge in [-0.05, 0) is 19.1 Å². The first-order chi connectivity index (χ1) is 6.15. The first kappa shape index (κ1) is 11.6. The fourth-order valence-electron chi connectivity index (χ4n) is 0.719. The maximum atomic E-state index is 11.1. The molecule has 0 saturated carbocycles. The van der Waals surface area contributed by atoms with Crippen LogP contribution in [0.25, 0.3) is 0 Å². The Bertz CT molecular complexity index is 252. The van der Waals surface area contributed by atoms with E-state index in [0.717, 1.165) is 0 Å². The summed E-state index contributed by atoms with van der Waals surface area (Å²) >= 11 is 0. The van der Waals surface area contributed by atoms with Gasteiger partial charge in [-0.25, -0.2) is 0 Å². The van der Waals surface area contributed by atoms with Gasteiger partial charge in [0.2, 0.25) is 0 Å². The second kappa shape index (κ2) is 6.20. The van der Waals surface area contributed by atoms with Crippen LogP contribution in [0.1, 0.15) is 6.92 Å². The first-order valence-corrected chi connectivity index (χ1v) is 3.96. The summed E-state index contributed by atoms with van der Waals surface area (Å²) in [5.74, 6) is 0.409. The molecule has 72 valence electrons. The Hall–Kier alpha value is -1.35. The number of hydrogen-bond acceptors (Lipinski definition) is 3. The lowest BCUT2D eigenvalue weighted by molar-refractivity contribution is -0.114. The van der Waals surface area contributed by atoms with E-state index in [1.54, 1.807) is 25.2 Å². The van der Waals surface area contributed by atoms with Gasteiger partial charge in [-0.2, -0.15) is 0 Å². The van der Waals surface area contributed by atoms with Crippen LogP contribution < -0.4 is 5.73 Å². The summed E-state index contributed by atoms with van der Waals surface area (Å²) in [6.45, 7) is 5.38. The number of rotatable bonds is 5. The third-order valence-electron chi connectivity index (χ3n) is 1.53. The Balaban J connectivity index is 4.39. The molecule has 0 heterocycles. The SMILES string of the molecule is C=C(/C=C\C(=C/C)C(=O)CN)OC. The number of ketones is 1. The van der Waals surface area contributed by atoms with Crippen molar-refractivity contribution in [2.75, 3.05) is 13.7 Å². The minimum absolute atomic E-state index is 0.0173. The molecule has 0 spiro atoms. The van der Waals surface area contributed by atoms with E-state index in [1.807, 2.05) is 0 Å². The molecule has 0 aliphatic heterocycles. The Kier molecular flexibility index (Phi) is 5.55. The van der Waals surface area contributed by atoms with Crippen molar-refractivity contribution >= 4 is 5.78 Å². The first-order valence-electron chi connectivity index (χ1n) is 3.96. The molecule has 3 nitrogen and oxygen atoms in total. The number of nitrogens with two attached hydrogens (primary N) is 1. The molecular formula is C10H15NO2. The van der Waals surface area contributed by atoms with Crippen LogP contribution in [0.2, 0.25) is 0 Å². The molecule has 0 bridgehead atoms. The lowest BCUT2D eigenvalue weighted by Gasteiger charge is -1.98. The van der Waals surface area contributed by atoms with Crippen molar-refractivity contribution in [3.63, 3.8) is 0 Å². The lowest BCUT2D eigenvalue weighted by atomic mass is 10.1. The van der Waals surface area contributed by atoms with Crippen molar-refractivity contribution in [1.82, 2.24) is 0 Å². The van der Waals surface area contributed by atoms with E-state index >= 15 is 0 Å². The van der Waals surface area contributed by atoms with Gasteiger partial charge in [0.25, 0.3) is 0 Å². The van der Waals surface area contributed by atoms with E-state index < -0.39 is 0 Å². The number of allylic oxidation sites excluding steroid dienone is 3. The number of hydrogen-bond donors (Lipinski definition) is 1. The van der Waals surface area contributed by atoms with E-state index in [2.05, 4.69) is 6.58 Å². The Morgan fingerprint density at radius 2 is 2.15 bits per heavy atom. The zero-order chi connectivity index (χ0) is 10.3. The molecule has 0 aromatic carbocycles. The second-order valence-corrected chi connectivity index (χ2v) is 2.38. The van der Waals surface area contributed by atoms with Crippen LogP contribution in [0.5, 0.6) is 0 Å². The summed E-state index contributed by atoms with van der Waals surface area (Å²) in [4.78, 5) is 11.1.